The van der Waals surface area contributed by atoms with Gasteiger partial charge in [-0.1, -0.05) is 68.8 Å². The number of nitrogens with zero attached hydrogens (tertiary/aromatic N) is 3. The number of hydrogen-bond acceptors (Lipinski definition) is 6. The maximum atomic E-state index is 13.5. The van der Waals surface area contributed by atoms with Gasteiger partial charge in [0.2, 0.25) is 11.1 Å². The molecule has 178 valence electrons. The zero-order chi connectivity index (χ0) is 23.9. The first-order valence-corrected chi connectivity index (χ1v) is 12.8. The van der Waals surface area contributed by atoms with Crippen molar-refractivity contribution in [1.29, 1.82) is 0 Å². The molecular formula is C26H31N5O2S. The van der Waals surface area contributed by atoms with Crippen LogP contribution in [-0.4, -0.2) is 33.0 Å². The number of aromatic nitrogens is 3. The lowest BCUT2D eigenvalue weighted by molar-refractivity contribution is -0.113. The van der Waals surface area contributed by atoms with Crippen LogP contribution in [-0.2, 0) is 4.79 Å². The van der Waals surface area contributed by atoms with Crippen LogP contribution < -0.4 is 15.4 Å². The van der Waals surface area contributed by atoms with Crippen LogP contribution in [0.5, 0.6) is 5.75 Å². The average Bonchev–Trinajstić information content (AvgIpc) is 3.24. The van der Waals surface area contributed by atoms with E-state index in [1.165, 1.54) is 0 Å². The van der Waals surface area contributed by atoms with E-state index in [0.717, 1.165) is 47.7 Å². The fourth-order valence-electron chi connectivity index (χ4n) is 3.93. The Hall–Kier alpha value is -3.26. The molecule has 0 saturated heterocycles. The molecule has 0 aliphatic carbocycles. The van der Waals surface area contributed by atoms with Crippen LogP contribution in [0.15, 0.2) is 71.0 Å². The first-order chi connectivity index (χ1) is 16.6. The number of nitrogens with one attached hydrogen (secondary N) is 2. The van der Waals surface area contributed by atoms with Crippen molar-refractivity contribution < 1.29 is 9.53 Å². The largest absolute Gasteiger partial charge is 0.494 e. The average molecular weight is 478 g/mol. The van der Waals surface area contributed by atoms with Crippen LogP contribution in [0, 0.1) is 0 Å². The third-order valence-corrected chi connectivity index (χ3v) is 6.32. The van der Waals surface area contributed by atoms with Crippen LogP contribution in [0.4, 0.5) is 11.6 Å². The number of thioether (sulfide) groups is 1. The molecule has 1 amide bonds. The molecule has 0 saturated carbocycles. The monoisotopic (exact) mass is 477 g/mol. The second kappa shape index (κ2) is 11.2. The number of unbranched alkanes of at least 4 members (excludes halogenated alkanes) is 2. The molecule has 2 aromatic carbocycles. The Morgan fingerprint density at radius 3 is 2.59 bits per heavy atom. The van der Waals surface area contributed by atoms with Crippen LogP contribution in [0.3, 0.4) is 0 Å². The van der Waals surface area contributed by atoms with Gasteiger partial charge in [-0.3, -0.25) is 4.79 Å². The number of ether oxygens (including phenoxy) is 1. The van der Waals surface area contributed by atoms with Crippen molar-refractivity contribution in [2.24, 2.45) is 0 Å². The topological polar surface area (TPSA) is 81.1 Å². The molecule has 0 bridgehead atoms. The molecule has 8 heteroatoms. The number of amides is 1. The zero-order valence-corrected chi connectivity index (χ0v) is 20.7. The SMILES string of the molecule is CCCCCOc1ccc(C2C(C(=O)Nc3ccccc3)=C(C)Nc3nc(SCC)nn32)cc1. The number of anilines is 2. The minimum absolute atomic E-state index is 0.174. The van der Waals surface area contributed by atoms with Gasteiger partial charge in [-0.15, -0.1) is 5.10 Å². The summed E-state index contributed by atoms with van der Waals surface area (Å²) in [5, 5.41) is 11.7. The van der Waals surface area contributed by atoms with Crippen LogP contribution >= 0.6 is 11.8 Å². The smallest absolute Gasteiger partial charge is 0.255 e. The van der Waals surface area contributed by atoms with Gasteiger partial charge in [0, 0.05) is 11.4 Å². The van der Waals surface area contributed by atoms with Crippen molar-refractivity contribution >= 4 is 29.3 Å². The Labute approximate surface area is 205 Å². The van der Waals surface area contributed by atoms with Crippen LogP contribution in [0.2, 0.25) is 0 Å². The summed E-state index contributed by atoms with van der Waals surface area (Å²) in [5.74, 6) is 2.15. The number of carbonyl (C=O) groups is 1. The highest BCUT2D eigenvalue weighted by Crippen LogP contribution is 2.37. The summed E-state index contributed by atoms with van der Waals surface area (Å²) >= 11 is 1.57. The Morgan fingerprint density at radius 2 is 1.88 bits per heavy atom. The predicted octanol–water partition coefficient (Wildman–Crippen LogP) is 5.89. The first kappa shape index (κ1) is 23.9. The summed E-state index contributed by atoms with van der Waals surface area (Å²) in [6.07, 6.45) is 3.36. The predicted molar refractivity (Wildman–Crippen MR) is 137 cm³/mol. The fourth-order valence-corrected chi connectivity index (χ4v) is 4.49. The van der Waals surface area contributed by atoms with Crippen molar-refractivity contribution in [2.75, 3.05) is 23.0 Å². The van der Waals surface area contributed by atoms with Gasteiger partial charge in [-0.25, -0.2) is 4.68 Å². The minimum Gasteiger partial charge on any atom is -0.494 e. The van der Waals surface area contributed by atoms with Crippen LogP contribution in [0.25, 0.3) is 0 Å². The number of rotatable bonds is 10. The van der Waals surface area contributed by atoms with Crippen LogP contribution in [0.1, 0.15) is 51.6 Å². The van der Waals surface area contributed by atoms with Gasteiger partial charge in [-0.2, -0.15) is 4.98 Å². The highest BCUT2D eigenvalue weighted by Gasteiger charge is 2.34. The van der Waals surface area contributed by atoms with E-state index in [-0.39, 0.29) is 5.91 Å². The Kier molecular flexibility index (Phi) is 7.90. The van der Waals surface area contributed by atoms with Crippen molar-refractivity contribution in [1.82, 2.24) is 14.8 Å². The zero-order valence-electron chi connectivity index (χ0n) is 19.9. The molecule has 0 fully saturated rings. The molecule has 1 atom stereocenters. The normalized spacial score (nSPS) is 15.0. The highest BCUT2D eigenvalue weighted by atomic mass is 32.2. The van der Waals surface area contributed by atoms with Gasteiger partial charge in [0.25, 0.3) is 5.91 Å². The minimum atomic E-state index is -0.409. The molecule has 7 nitrogen and oxygen atoms in total. The molecule has 4 rings (SSSR count). The lowest BCUT2D eigenvalue weighted by atomic mass is 9.95. The number of benzene rings is 2. The first-order valence-electron chi connectivity index (χ1n) is 11.8. The Bertz CT molecular complexity index is 1140. The molecule has 0 spiro atoms. The van der Waals surface area contributed by atoms with Crippen molar-refractivity contribution in [3.8, 4) is 5.75 Å². The molecule has 2 heterocycles. The maximum Gasteiger partial charge on any atom is 0.255 e. The van der Waals surface area contributed by atoms with E-state index in [0.29, 0.717) is 23.3 Å². The fraction of sp³-hybridized carbons (Fsp3) is 0.346. The van der Waals surface area contributed by atoms with E-state index in [1.54, 1.807) is 11.8 Å². The maximum absolute atomic E-state index is 13.5. The van der Waals surface area contributed by atoms with Crippen molar-refractivity contribution in [3.05, 3.63) is 71.4 Å². The van der Waals surface area contributed by atoms with E-state index in [2.05, 4.69) is 29.5 Å². The standard InChI is InChI=1S/C26H31N5O2S/c1-4-6-10-17-33-21-15-13-19(14-16-21)23-22(24(32)28-20-11-8-7-9-12-20)18(3)27-25-29-26(34-5-2)30-31(23)25/h7-9,11-16,23H,4-6,10,17H2,1-3H3,(H,28,32)(H,27,29,30). The number of allylic oxidation sites excluding steroid dienone is 1. The number of fused-ring (bicyclic) bond motifs is 1. The lowest BCUT2D eigenvalue weighted by Gasteiger charge is -2.28. The molecule has 0 radical (unpaired) electrons. The van der Waals surface area contributed by atoms with E-state index >= 15 is 0 Å². The van der Waals surface area contributed by atoms with Gasteiger partial charge >= 0.3 is 0 Å². The Morgan fingerprint density at radius 1 is 1.12 bits per heavy atom. The third kappa shape index (κ3) is 5.44. The van der Waals surface area contributed by atoms with Gasteiger partial charge in [-0.05, 0) is 48.9 Å². The summed E-state index contributed by atoms with van der Waals surface area (Å²) in [6.45, 7) is 6.85. The summed E-state index contributed by atoms with van der Waals surface area (Å²) in [5.41, 5.74) is 3.05. The van der Waals surface area contributed by atoms with E-state index < -0.39 is 6.04 Å². The van der Waals surface area contributed by atoms with E-state index in [9.17, 15) is 4.79 Å². The number of hydrogen-bond donors (Lipinski definition) is 2. The molecule has 1 unspecified atom stereocenters. The highest BCUT2D eigenvalue weighted by molar-refractivity contribution is 7.99. The van der Waals surface area contributed by atoms with Gasteiger partial charge in [0.15, 0.2) is 0 Å². The van der Waals surface area contributed by atoms with Gasteiger partial charge in [0.05, 0.1) is 12.2 Å². The molecule has 34 heavy (non-hydrogen) atoms. The van der Waals surface area contributed by atoms with Gasteiger partial charge < -0.3 is 15.4 Å². The second-order valence-electron chi connectivity index (χ2n) is 8.11. The summed E-state index contributed by atoms with van der Waals surface area (Å²) in [4.78, 5) is 18.1. The Balaban J connectivity index is 1.66. The number of para-hydroxylation sites is 1. The number of carbonyl (C=O) groups excluding carboxylic acids is 1. The third-order valence-electron chi connectivity index (χ3n) is 5.60. The molecule has 3 aromatic rings. The molecule has 1 aromatic heterocycles. The van der Waals surface area contributed by atoms with E-state index in [1.807, 2.05) is 66.2 Å². The van der Waals surface area contributed by atoms with Crippen molar-refractivity contribution in [3.63, 3.8) is 0 Å². The van der Waals surface area contributed by atoms with E-state index in [4.69, 9.17) is 9.84 Å². The molecule has 2 N–H and O–H groups in total. The lowest BCUT2D eigenvalue weighted by Crippen LogP contribution is -2.31. The van der Waals surface area contributed by atoms with Crippen molar-refractivity contribution in [2.45, 2.75) is 51.2 Å². The molecule has 1 aliphatic heterocycles. The molecule has 1 aliphatic rings. The van der Waals surface area contributed by atoms with Gasteiger partial charge in [0.1, 0.15) is 11.8 Å². The molecular weight excluding hydrogens is 446 g/mol. The second-order valence-corrected chi connectivity index (χ2v) is 9.34. The summed E-state index contributed by atoms with van der Waals surface area (Å²) in [7, 11) is 0. The summed E-state index contributed by atoms with van der Waals surface area (Å²) in [6, 6.07) is 17.0. The quantitative estimate of drug-likeness (QED) is 0.280. The summed E-state index contributed by atoms with van der Waals surface area (Å²) < 4.78 is 7.70.